The number of likely N-dealkylation sites (N-methyl/N-ethyl adjacent to an activating group) is 1. The predicted molar refractivity (Wildman–Crippen MR) is 134 cm³/mol. The molecular formula is C25H32N6O5. The number of urea groups is 1. The van der Waals surface area contributed by atoms with Crippen LogP contribution in [0.15, 0.2) is 39.9 Å². The van der Waals surface area contributed by atoms with Gasteiger partial charge in [-0.1, -0.05) is 51.1 Å². The van der Waals surface area contributed by atoms with E-state index in [2.05, 4.69) is 24.1 Å². The fraction of sp³-hybridized carbons (Fsp3) is 0.480. The number of carbonyl (C=O) groups is 3. The number of hydrogen-bond donors (Lipinski definition) is 3. The van der Waals surface area contributed by atoms with Crippen molar-refractivity contribution in [3.63, 3.8) is 0 Å². The Bertz CT molecular complexity index is 1330. The van der Waals surface area contributed by atoms with Crippen LogP contribution in [-0.2, 0) is 16.1 Å². The van der Waals surface area contributed by atoms with E-state index in [1.54, 1.807) is 24.3 Å². The summed E-state index contributed by atoms with van der Waals surface area (Å²) in [6, 6.07) is 8.39. The van der Waals surface area contributed by atoms with Crippen LogP contribution in [0, 0.1) is 11.3 Å². The van der Waals surface area contributed by atoms with Crippen LogP contribution in [0.2, 0.25) is 0 Å². The summed E-state index contributed by atoms with van der Waals surface area (Å²) in [6.07, 6.45) is 1.91. The second-order valence-electron chi connectivity index (χ2n) is 10.8. The van der Waals surface area contributed by atoms with E-state index < -0.39 is 41.2 Å². The molecule has 11 heteroatoms. The number of anilines is 2. The van der Waals surface area contributed by atoms with E-state index in [4.69, 9.17) is 5.73 Å². The number of nitrogens with two attached hydrogens (primary N) is 1. The number of nitrogens with zero attached hydrogens (tertiary/aromatic N) is 3. The maximum atomic E-state index is 13.4. The number of hydrogen-bond acceptors (Lipinski definition) is 6. The van der Waals surface area contributed by atoms with Gasteiger partial charge in [0.05, 0.1) is 6.54 Å². The third-order valence-electron chi connectivity index (χ3n) is 7.02. The molecule has 1 saturated carbocycles. The molecule has 2 heterocycles. The molecule has 4 rings (SSSR count). The van der Waals surface area contributed by atoms with E-state index >= 15 is 0 Å². The molecule has 1 spiro atoms. The van der Waals surface area contributed by atoms with Crippen LogP contribution in [-0.4, -0.2) is 51.4 Å². The molecule has 2 fully saturated rings. The number of amides is 4. The molecule has 1 aliphatic carbocycles. The Labute approximate surface area is 208 Å². The van der Waals surface area contributed by atoms with Crippen molar-refractivity contribution >= 4 is 29.4 Å². The Morgan fingerprint density at radius 2 is 1.81 bits per heavy atom. The molecule has 11 nitrogen and oxygen atoms in total. The highest BCUT2D eigenvalue weighted by Gasteiger charge is 2.56. The molecule has 2 unspecified atom stereocenters. The second kappa shape index (κ2) is 8.96. The molecule has 0 radical (unpaired) electrons. The molecule has 1 aromatic heterocycles. The highest BCUT2D eigenvalue weighted by atomic mass is 16.2. The Balaban J connectivity index is 1.58. The number of carbonyl (C=O) groups excluding carboxylic acids is 3. The SMILES string of the molecule is CC1CC(C)(C)CC2(C1)NC(=O)N(CC(=O)N(C)c1c(N)n(Cc3ccccc3)c(=O)[nH]c1=O)C2=O. The maximum Gasteiger partial charge on any atom is 0.330 e. The second-order valence-corrected chi connectivity index (χ2v) is 10.8. The zero-order valence-electron chi connectivity index (χ0n) is 21.0. The van der Waals surface area contributed by atoms with Gasteiger partial charge in [-0.15, -0.1) is 0 Å². The van der Waals surface area contributed by atoms with Crippen molar-refractivity contribution in [1.82, 2.24) is 19.8 Å². The zero-order chi connectivity index (χ0) is 26.4. The van der Waals surface area contributed by atoms with Crippen LogP contribution in [0.5, 0.6) is 0 Å². The van der Waals surface area contributed by atoms with Gasteiger partial charge < -0.3 is 16.0 Å². The summed E-state index contributed by atoms with van der Waals surface area (Å²) in [5, 5.41) is 2.83. The Morgan fingerprint density at radius 1 is 1.14 bits per heavy atom. The number of nitrogens with one attached hydrogen (secondary N) is 2. The zero-order valence-corrected chi connectivity index (χ0v) is 21.0. The van der Waals surface area contributed by atoms with Gasteiger partial charge in [-0.05, 0) is 36.2 Å². The van der Waals surface area contributed by atoms with E-state index in [1.165, 1.54) is 7.05 Å². The van der Waals surface area contributed by atoms with Gasteiger partial charge in [0.1, 0.15) is 17.9 Å². The first-order chi connectivity index (χ1) is 16.8. The summed E-state index contributed by atoms with van der Waals surface area (Å²) in [4.78, 5) is 68.5. The summed E-state index contributed by atoms with van der Waals surface area (Å²) in [6.45, 7) is 5.69. The minimum Gasteiger partial charge on any atom is -0.383 e. The highest BCUT2D eigenvalue weighted by molar-refractivity contribution is 6.10. The molecule has 1 saturated heterocycles. The van der Waals surface area contributed by atoms with Crippen molar-refractivity contribution in [3.05, 3.63) is 56.7 Å². The largest absolute Gasteiger partial charge is 0.383 e. The quantitative estimate of drug-likeness (QED) is 0.531. The van der Waals surface area contributed by atoms with Gasteiger partial charge in [0.25, 0.3) is 11.5 Å². The topological polar surface area (TPSA) is 151 Å². The van der Waals surface area contributed by atoms with Crippen molar-refractivity contribution in [2.45, 2.75) is 52.1 Å². The lowest BCUT2D eigenvalue weighted by atomic mass is 9.64. The van der Waals surface area contributed by atoms with Crippen molar-refractivity contribution in [3.8, 4) is 0 Å². The van der Waals surface area contributed by atoms with Gasteiger partial charge in [-0.25, -0.2) is 9.59 Å². The molecule has 192 valence electrons. The van der Waals surface area contributed by atoms with Gasteiger partial charge in [0, 0.05) is 7.05 Å². The number of rotatable bonds is 5. The van der Waals surface area contributed by atoms with Crippen LogP contribution in [0.1, 0.15) is 45.6 Å². The van der Waals surface area contributed by atoms with E-state index in [-0.39, 0.29) is 29.4 Å². The number of nitrogen functional groups attached to an aromatic ring is 1. The van der Waals surface area contributed by atoms with Crippen LogP contribution < -0.4 is 27.2 Å². The average Bonchev–Trinajstić information content (AvgIpc) is 2.98. The summed E-state index contributed by atoms with van der Waals surface area (Å²) < 4.78 is 1.16. The standard InChI is InChI=1S/C25H32N6O5/c1-15-10-24(2,3)14-25(11-15)21(34)31(23(36)28-25)13-17(32)29(4)18-19(26)30(22(35)27-20(18)33)12-16-8-6-5-7-9-16/h5-9,15H,10-14,26H2,1-4H3,(H,28,36)(H,27,33,35). The third kappa shape index (κ3) is 4.52. The fourth-order valence-electron chi connectivity index (χ4n) is 5.84. The summed E-state index contributed by atoms with van der Waals surface area (Å²) >= 11 is 0. The monoisotopic (exact) mass is 496 g/mol. The van der Waals surface area contributed by atoms with Crippen LogP contribution in [0.25, 0.3) is 0 Å². The first-order valence-electron chi connectivity index (χ1n) is 11.9. The number of aromatic nitrogens is 2. The van der Waals surface area contributed by atoms with Gasteiger partial charge >= 0.3 is 11.7 Å². The Hall–Kier alpha value is -3.89. The van der Waals surface area contributed by atoms with Gasteiger partial charge in [-0.2, -0.15) is 0 Å². The summed E-state index contributed by atoms with van der Waals surface area (Å²) in [5.41, 5.74) is 3.98. The molecule has 4 N–H and O–H groups in total. The minimum absolute atomic E-state index is 0.0842. The molecule has 1 aliphatic heterocycles. The minimum atomic E-state index is -1.05. The van der Waals surface area contributed by atoms with Gasteiger partial charge in [0.15, 0.2) is 5.69 Å². The maximum absolute atomic E-state index is 13.4. The lowest BCUT2D eigenvalue weighted by molar-refractivity contribution is -0.137. The van der Waals surface area contributed by atoms with Crippen molar-refractivity contribution in [1.29, 1.82) is 0 Å². The van der Waals surface area contributed by atoms with E-state index in [0.29, 0.717) is 12.8 Å². The Morgan fingerprint density at radius 3 is 2.44 bits per heavy atom. The van der Waals surface area contributed by atoms with Gasteiger partial charge in [0.2, 0.25) is 5.91 Å². The molecular weight excluding hydrogens is 464 g/mol. The van der Waals surface area contributed by atoms with Crippen LogP contribution in [0.3, 0.4) is 0 Å². The lowest BCUT2D eigenvalue weighted by Crippen LogP contribution is -2.54. The molecule has 2 aromatic rings. The molecule has 2 atom stereocenters. The number of H-pyrrole nitrogens is 1. The average molecular weight is 497 g/mol. The van der Waals surface area contributed by atoms with Crippen molar-refractivity contribution in [2.75, 3.05) is 24.2 Å². The predicted octanol–water partition coefficient (Wildman–Crippen LogP) is 1.27. The first-order valence-corrected chi connectivity index (χ1v) is 11.9. The van der Waals surface area contributed by atoms with Gasteiger partial charge in [-0.3, -0.25) is 28.8 Å². The van der Waals surface area contributed by atoms with E-state index in [9.17, 15) is 24.0 Å². The van der Waals surface area contributed by atoms with Crippen LogP contribution >= 0.6 is 0 Å². The van der Waals surface area contributed by atoms with E-state index in [0.717, 1.165) is 26.4 Å². The van der Waals surface area contributed by atoms with Crippen molar-refractivity contribution in [2.24, 2.45) is 11.3 Å². The number of aromatic amines is 1. The number of imide groups is 1. The van der Waals surface area contributed by atoms with E-state index in [1.807, 2.05) is 13.0 Å². The van der Waals surface area contributed by atoms with Crippen molar-refractivity contribution < 1.29 is 14.4 Å². The molecule has 1 aromatic carbocycles. The molecule has 2 aliphatic rings. The smallest absolute Gasteiger partial charge is 0.330 e. The fourth-order valence-corrected chi connectivity index (χ4v) is 5.84. The normalized spacial score (nSPS) is 23.1. The Kier molecular flexibility index (Phi) is 6.27. The third-order valence-corrected chi connectivity index (χ3v) is 7.02. The molecule has 36 heavy (non-hydrogen) atoms. The highest BCUT2D eigenvalue weighted by Crippen LogP contribution is 2.46. The lowest BCUT2D eigenvalue weighted by Gasteiger charge is -2.43. The summed E-state index contributed by atoms with van der Waals surface area (Å²) in [7, 11) is 1.32. The molecule has 4 amide bonds. The molecule has 0 bridgehead atoms. The first kappa shape index (κ1) is 25.2. The van der Waals surface area contributed by atoms with Crippen LogP contribution in [0.4, 0.5) is 16.3 Å². The number of benzene rings is 1. The summed E-state index contributed by atoms with van der Waals surface area (Å²) in [5.74, 6) is -1.11.